The van der Waals surface area contributed by atoms with Gasteiger partial charge in [-0.2, -0.15) is 0 Å². The van der Waals surface area contributed by atoms with Crippen LogP contribution in [0.3, 0.4) is 0 Å². The van der Waals surface area contributed by atoms with Gasteiger partial charge in [-0.05, 0) is 55.0 Å². The number of piperidine rings is 1. The fourth-order valence-corrected chi connectivity index (χ4v) is 4.34. The van der Waals surface area contributed by atoms with E-state index >= 15 is 0 Å². The minimum Gasteiger partial charge on any atom is -0.496 e. The topological polar surface area (TPSA) is 61.1 Å². The van der Waals surface area contributed by atoms with E-state index in [0.717, 1.165) is 53.6 Å². The van der Waals surface area contributed by atoms with Crippen LogP contribution in [0.5, 0.6) is 17.2 Å². The van der Waals surface area contributed by atoms with Crippen molar-refractivity contribution < 1.29 is 23.4 Å². The molecule has 6 heteroatoms. The summed E-state index contributed by atoms with van der Waals surface area (Å²) in [5.74, 6) is 2.72. The highest BCUT2D eigenvalue weighted by Gasteiger charge is 2.20. The van der Waals surface area contributed by atoms with Crippen LogP contribution in [-0.2, 0) is 4.79 Å². The standard InChI is InChI=1S/C27H31NO5/c1-17-8-10-28(11-9-17)27(29)12-18(2)20-14-21-22(16-33-25(21)15-24(20)31-4)19-6-7-23(30-3)26(13-19)32-5/h6-7,12-17H,8-11H2,1-5H3/b18-12+. The molecule has 1 saturated heterocycles. The van der Waals surface area contributed by atoms with Gasteiger partial charge >= 0.3 is 0 Å². The molecule has 1 aliphatic rings. The molecule has 0 unspecified atom stereocenters. The highest BCUT2D eigenvalue weighted by Crippen LogP contribution is 2.40. The number of allylic oxidation sites excluding steroid dienone is 1. The van der Waals surface area contributed by atoms with Gasteiger partial charge in [0.05, 0.1) is 27.6 Å². The molecule has 6 nitrogen and oxygen atoms in total. The van der Waals surface area contributed by atoms with Crippen molar-refractivity contribution in [2.24, 2.45) is 5.92 Å². The lowest BCUT2D eigenvalue weighted by molar-refractivity contribution is -0.127. The highest BCUT2D eigenvalue weighted by atomic mass is 16.5. The summed E-state index contributed by atoms with van der Waals surface area (Å²) >= 11 is 0. The number of rotatable bonds is 6. The SMILES string of the molecule is COc1ccc(-c2coc3cc(OC)c(/C(C)=C/C(=O)N4CCC(C)CC4)cc23)cc1OC. The molecule has 0 spiro atoms. The first-order valence-electron chi connectivity index (χ1n) is 11.2. The van der Waals surface area contributed by atoms with Gasteiger partial charge in [0.2, 0.25) is 5.91 Å². The van der Waals surface area contributed by atoms with Gasteiger partial charge in [-0.25, -0.2) is 0 Å². The van der Waals surface area contributed by atoms with Crippen LogP contribution in [0.2, 0.25) is 0 Å². The van der Waals surface area contributed by atoms with Crippen LogP contribution in [0.15, 0.2) is 47.1 Å². The fourth-order valence-electron chi connectivity index (χ4n) is 4.34. The molecule has 0 aliphatic carbocycles. The second-order valence-corrected chi connectivity index (χ2v) is 8.60. The molecule has 1 aliphatic heterocycles. The third-order valence-corrected chi connectivity index (χ3v) is 6.45. The summed E-state index contributed by atoms with van der Waals surface area (Å²) < 4.78 is 22.3. The third-order valence-electron chi connectivity index (χ3n) is 6.45. The number of hydrogen-bond acceptors (Lipinski definition) is 5. The summed E-state index contributed by atoms with van der Waals surface area (Å²) in [6, 6.07) is 9.68. The minimum absolute atomic E-state index is 0.0499. The smallest absolute Gasteiger partial charge is 0.246 e. The molecule has 1 fully saturated rings. The average Bonchev–Trinajstić information content (AvgIpc) is 3.25. The number of amides is 1. The van der Waals surface area contributed by atoms with E-state index in [1.54, 1.807) is 33.7 Å². The van der Waals surface area contributed by atoms with Gasteiger partial charge in [0.15, 0.2) is 11.5 Å². The summed E-state index contributed by atoms with van der Waals surface area (Å²) in [6.07, 6.45) is 5.55. The maximum absolute atomic E-state index is 12.9. The van der Waals surface area contributed by atoms with Crippen LogP contribution in [-0.4, -0.2) is 45.2 Å². The van der Waals surface area contributed by atoms with Gasteiger partial charge in [-0.1, -0.05) is 13.0 Å². The zero-order chi connectivity index (χ0) is 23.5. The molecule has 0 atom stereocenters. The van der Waals surface area contributed by atoms with Crippen LogP contribution >= 0.6 is 0 Å². The molecule has 4 rings (SSSR count). The van der Waals surface area contributed by atoms with Gasteiger partial charge in [-0.3, -0.25) is 4.79 Å². The van der Waals surface area contributed by atoms with Gasteiger partial charge in [0.1, 0.15) is 11.3 Å². The Hall–Kier alpha value is -3.41. The summed E-state index contributed by atoms with van der Waals surface area (Å²) in [6.45, 7) is 5.81. The zero-order valence-corrected chi connectivity index (χ0v) is 19.9. The number of hydrogen-bond donors (Lipinski definition) is 0. The van der Waals surface area contributed by atoms with Crippen molar-refractivity contribution in [3.8, 4) is 28.4 Å². The Kier molecular flexibility index (Phi) is 6.63. The number of furan rings is 1. The van der Waals surface area contributed by atoms with Crippen LogP contribution in [0.1, 0.15) is 32.3 Å². The fraction of sp³-hybridized carbons (Fsp3) is 0.370. The number of fused-ring (bicyclic) bond motifs is 1. The lowest BCUT2D eigenvalue weighted by Gasteiger charge is -2.29. The maximum atomic E-state index is 12.9. The van der Waals surface area contributed by atoms with E-state index in [9.17, 15) is 4.79 Å². The summed E-state index contributed by atoms with van der Waals surface area (Å²) in [5.41, 5.74) is 4.31. The Morgan fingerprint density at radius 3 is 2.36 bits per heavy atom. The van der Waals surface area contributed by atoms with Crippen molar-refractivity contribution in [3.63, 3.8) is 0 Å². The van der Waals surface area contributed by atoms with E-state index in [1.165, 1.54) is 0 Å². The Balaban J connectivity index is 1.72. The molecule has 1 aromatic heterocycles. The number of benzene rings is 2. The van der Waals surface area contributed by atoms with Gasteiger partial charge in [0, 0.05) is 41.7 Å². The van der Waals surface area contributed by atoms with E-state index < -0.39 is 0 Å². The van der Waals surface area contributed by atoms with E-state index in [0.29, 0.717) is 28.7 Å². The predicted molar refractivity (Wildman–Crippen MR) is 130 cm³/mol. The monoisotopic (exact) mass is 449 g/mol. The molecule has 1 amide bonds. The molecule has 0 radical (unpaired) electrons. The summed E-state index contributed by atoms with van der Waals surface area (Å²) in [4.78, 5) is 14.8. The molecule has 0 saturated carbocycles. The third kappa shape index (κ3) is 4.56. The maximum Gasteiger partial charge on any atom is 0.246 e. The Morgan fingerprint density at radius 1 is 1.00 bits per heavy atom. The highest BCUT2D eigenvalue weighted by molar-refractivity contribution is 6.00. The first kappa shape index (κ1) is 22.8. The second kappa shape index (κ2) is 9.61. The van der Waals surface area contributed by atoms with Crippen molar-refractivity contribution in [1.82, 2.24) is 4.90 Å². The molecule has 174 valence electrons. The van der Waals surface area contributed by atoms with Crippen LogP contribution < -0.4 is 14.2 Å². The molecule has 2 heterocycles. The zero-order valence-electron chi connectivity index (χ0n) is 19.9. The van der Waals surface area contributed by atoms with E-state index in [4.69, 9.17) is 18.6 Å². The Labute approximate surface area is 194 Å². The van der Waals surface area contributed by atoms with Crippen molar-refractivity contribution in [2.75, 3.05) is 34.4 Å². The van der Waals surface area contributed by atoms with Gasteiger partial charge < -0.3 is 23.5 Å². The van der Waals surface area contributed by atoms with Crippen molar-refractivity contribution in [1.29, 1.82) is 0 Å². The van der Waals surface area contributed by atoms with E-state index in [2.05, 4.69) is 6.92 Å². The number of carbonyl (C=O) groups is 1. The lowest BCUT2D eigenvalue weighted by atomic mass is 9.98. The van der Waals surface area contributed by atoms with Crippen molar-refractivity contribution in [2.45, 2.75) is 26.7 Å². The predicted octanol–water partition coefficient (Wildman–Crippen LogP) is 5.79. The van der Waals surface area contributed by atoms with Crippen molar-refractivity contribution in [3.05, 3.63) is 48.2 Å². The number of methoxy groups -OCH3 is 3. The molecular formula is C27H31NO5. The summed E-state index contributed by atoms with van der Waals surface area (Å²) in [5, 5.41) is 0.935. The molecule has 33 heavy (non-hydrogen) atoms. The first-order chi connectivity index (χ1) is 15.9. The molecule has 0 N–H and O–H groups in total. The molecule has 0 bridgehead atoms. The van der Waals surface area contributed by atoms with Crippen LogP contribution in [0, 0.1) is 5.92 Å². The van der Waals surface area contributed by atoms with Gasteiger partial charge in [0.25, 0.3) is 0 Å². The number of ether oxygens (including phenoxy) is 3. The van der Waals surface area contributed by atoms with Crippen LogP contribution in [0.25, 0.3) is 27.7 Å². The average molecular weight is 450 g/mol. The normalized spacial score (nSPS) is 15.1. The Morgan fingerprint density at radius 2 is 1.70 bits per heavy atom. The molecule has 2 aromatic carbocycles. The number of nitrogens with zero attached hydrogens (tertiary/aromatic N) is 1. The van der Waals surface area contributed by atoms with E-state index in [-0.39, 0.29) is 5.91 Å². The van der Waals surface area contributed by atoms with E-state index in [1.807, 2.05) is 42.2 Å². The number of carbonyl (C=O) groups excluding carboxylic acids is 1. The first-order valence-corrected chi connectivity index (χ1v) is 11.2. The van der Waals surface area contributed by atoms with Crippen molar-refractivity contribution >= 4 is 22.4 Å². The molecular weight excluding hydrogens is 418 g/mol. The Bertz CT molecular complexity index is 1180. The summed E-state index contributed by atoms with van der Waals surface area (Å²) in [7, 11) is 4.86. The number of likely N-dealkylation sites (tertiary alicyclic amines) is 1. The lowest BCUT2D eigenvalue weighted by Crippen LogP contribution is -2.36. The second-order valence-electron chi connectivity index (χ2n) is 8.60. The van der Waals surface area contributed by atoms with Gasteiger partial charge in [-0.15, -0.1) is 0 Å². The van der Waals surface area contributed by atoms with Crippen LogP contribution in [0.4, 0.5) is 0 Å². The quantitative estimate of drug-likeness (QED) is 0.446. The largest absolute Gasteiger partial charge is 0.496 e. The minimum atomic E-state index is 0.0499. The molecule has 3 aromatic rings.